The van der Waals surface area contributed by atoms with Crippen LogP contribution in [0.4, 0.5) is 8.78 Å². The summed E-state index contributed by atoms with van der Waals surface area (Å²) in [7, 11) is 1.33. The number of para-hydroxylation sites is 1. The first-order valence-corrected chi connectivity index (χ1v) is 8.22. The van der Waals surface area contributed by atoms with E-state index in [1.54, 1.807) is 6.07 Å². The van der Waals surface area contributed by atoms with Gasteiger partial charge in [-0.2, -0.15) is 13.9 Å². The van der Waals surface area contributed by atoms with Crippen LogP contribution in [0.3, 0.4) is 0 Å². The highest BCUT2D eigenvalue weighted by molar-refractivity contribution is 5.88. The quantitative estimate of drug-likeness (QED) is 0.590. The fourth-order valence-electron chi connectivity index (χ4n) is 2.60. The topological polar surface area (TPSA) is 80.2 Å². The number of methoxy groups -OCH3 is 1. The van der Waals surface area contributed by atoms with Gasteiger partial charge in [0.25, 0.3) is 5.91 Å². The van der Waals surface area contributed by atoms with Gasteiger partial charge in [-0.05, 0) is 25.0 Å². The zero-order valence-corrected chi connectivity index (χ0v) is 14.4. The van der Waals surface area contributed by atoms with Gasteiger partial charge in [-0.15, -0.1) is 0 Å². The van der Waals surface area contributed by atoms with Gasteiger partial charge in [0.15, 0.2) is 11.5 Å². The summed E-state index contributed by atoms with van der Waals surface area (Å²) < 4.78 is 34.6. The predicted molar refractivity (Wildman–Crippen MR) is 90.4 cm³/mol. The molecule has 1 aromatic carbocycles. The minimum Gasteiger partial charge on any atom is -0.493 e. The average molecular weight is 369 g/mol. The number of carbonyl (C=O) groups is 2. The van der Waals surface area contributed by atoms with Crippen molar-refractivity contribution in [3.63, 3.8) is 0 Å². The van der Waals surface area contributed by atoms with Crippen LogP contribution in [0.25, 0.3) is 0 Å². The fraction of sp³-hybridized carbons (Fsp3) is 0.471. The fourth-order valence-corrected chi connectivity index (χ4v) is 2.60. The summed E-state index contributed by atoms with van der Waals surface area (Å²) in [6.07, 6.45) is 4.28. The van der Waals surface area contributed by atoms with Crippen molar-refractivity contribution in [2.24, 2.45) is 5.10 Å². The number of halogens is 2. The summed E-state index contributed by atoms with van der Waals surface area (Å²) in [5.74, 6) is -0.570. The highest BCUT2D eigenvalue weighted by Crippen LogP contribution is 2.31. The molecule has 7 nitrogen and oxygen atoms in total. The average Bonchev–Trinajstić information content (AvgIpc) is 2.80. The molecule has 0 aliphatic carbocycles. The van der Waals surface area contributed by atoms with Gasteiger partial charge in [-0.1, -0.05) is 12.5 Å². The van der Waals surface area contributed by atoms with Crippen LogP contribution in [0.2, 0.25) is 0 Å². The van der Waals surface area contributed by atoms with Crippen molar-refractivity contribution in [3.8, 4) is 11.5 Å². The molecule has 1 aliphatic rings. The summed E-state index contributed by atoms with van der Waals surface area (Å²) in [5, 5.41) is 3.76. The third-order valence-corrected chi connectivity index (χ3v) is 3.83. The van der Waals surface area contributed by atoms with E-state index in [1.165, 1.54) is 30.4 Å². The Bertz CT molecular complexity index is 667. The Balaban J connectivity index is 1.99. The Morgan fingerprint density at radius 1 is 1.38 bits per heavy atom. The number of ether oxygens (including phenoxy) is 2. The maximum Gasteiger partial charge on any atom is 0.387 e. The minimum absolute atomic E-state index is 0.0537. The van der Waals surface area contributed by atoms with Crippen LogP contribution < -0.4 is 14.9 Å². The largest absolute Gasteiger partial charge is 0.493 e. The molecule has 1 saturated heterocycles. The summed E-state index contributed by atoms with van der Waals surface area (Å²) in [5.41, 5.74) is 2.51. The lowest BCUT2D eigenvalue weighted by molar-refractivity contribution is -0.135. The molecule has 0 spiro atoms. The van der Waals surface area contributed by atoms with E-state index < -0.39 is 12.5 Å². The second kappa shape index (κ2) is 9.69. The zero-order chi connectivity index (χ0) is 18.9. The number of alkyl halides is 2. The molecule has 0 saturated carbocycles. The lowest BCUT2D eigenvalue weighted by atomic mass is 10.2. The molecule has 0 radical (unpaired) electrons. The molecule has 0 bridgehead atoms. The molecular weight excluding hydrogens is 348 g/mol. The number of carbonyl (C=O) groups excluding carboxylic acids is 2. The SMILES string of the molecule is COc1cccc(/C=N\NC(=O)CN2CCCCCC2=O)c1OC(F)F. The Hall–Kier alpha value is -2.71. The summed E-state index contributed by atoms with van der Waals surface area (Å²) in [6, 6.07) is 4.54. The Labute approximate surface area is 149 Å². The maximum absolute atomic E-state index is 12.6. The van der Waals surface area contributed by atoms with Crippen molar-refractivity contribution >= 4 is 18.0 Å². The molecule has 0 aromatic heterocycles. The Kier molecular flexibility index (Phi) is 7.31. The van der Waals surface area contributed by atoms with Gasteiger partial charge in [-0.25, -0.2) is 5.43 Å². The lowest BCUT2D eigenvalue weighted by Crippen LogP contribution is -2.39. The molecule has 0 atom stereocenters. The van der Waals surface area contributed by atoms with Crippen molar-refractivity contribution in [2.75, 3.05) is 20.2 Å². The van der Waals surface area contributed by atoms with Crippen LogP contribution in [0.1, 0.15) is 31.2 Å². The molecule has 0 unspecified atom stereocenters. The first-order valence-electron chi connectivity index (χ1n) is 8.22. The van der Waals surface area contributed by atoms with Crippen molar-refractivity contribution in [1.82, 2.24) is 10.3 Å². The van der Waals surface area contributed by atoms with Crippen LogP contribution in [-0.2, 0) is 9.59 Å². The number of rotatable bonds is 7. The predicted octanol–water partition coefficient (Wildman–Crippen LogP) is 2.15. The summed E-state index contributed by atoms with van der Waals surface area (Å²) >= 11 is 0. The third kappa shape index (κ3) is 5.68. The van der Waals surface area contributed by atoms with Crippen LogP contribution >= 0.6 is 0 Å². The second-order valence-electron chi connectivity index (χ2n) is 5.68. The van der Waals surface area contributed by atoms with Crippen molar-refractivity contribution < 1.29 is 27.8 Å². The first-order chi connectivity index (χ1) is 12.5. The number of nitrogens with zero attached hydrogens (tertiary/aromatic N) is 2. The van der Waals surface area contributed by atoms with Gasteiger partial charge in [0, 0.05) is 18.5 Å². The molecule has 2 rings (SSSR count). The van der Waals surface area contributed by atoms with Crippen LogP contribution in [0.15, 0.2) is 23.3 Å². The van der Waals surface area contributed by atoms with Crippen LogP contribution in [-0.4, -0.2) is 49.7 Å². The number of benzene rings is 1. The van der Waals surface area contributed by atoms with E-state index in [0.717, 1.165) is 19.3 Å². The number of likely N-dealkylation sites (tertiary alicyclic amines) is 1. The van der Waals surface area contributed by atoms with Gasteiger partial charge in [0.2, 0.25) is 5.91 Å². The highest BCUT2D eigenvalue weighted by Gasteiger charge is 2.19. The van der Waals surface area contributed by atoms with E-state index in [9.17, 15) is 18.4 Å². The zero-order valence-electron chi connectivity index (χ0n) is 14.4. The molecule has 1 aromatic rings. The number of hydrogen-bond acceptors (Lipinski definition) is 5. The van der Waals surface area contributed by atoms with Gasteiger partial charge in [-0.3, -0.25) is 9.59 Å². The van der Waals surface area contributed by atoms with Crippen LogP contribution in [0.5, 0.6) is 11.5 Å². The van der Waals surface area contributed by atoms with E-state index >= 15 is 0 Å². The second-order valence-corrected chi connectivity index (χ2v) is 5.68. The van der Waals surface area contributed by atoms with E-state index in [4.69, 9.17) is 4.74 Å². The molecule has 9 heteroatoms. The number of nitrogens with one attached hydrogen (secondary N) is 1. The third-order valence-electron chi connectivity index (χ3n) is 3.83. The molecule has 26 heavy (non-hydrogen) atoms. The number of hydrazone groups is 1. The van der Waals surface area contributed by atoms with E-state index in [2.05, 4.69) is 15.3 Å². The van der Waals surface area contributed by atoms with E-state index in [0.29, 0.717) is 13.0 Å². The van der Waals surface area contributed by atoms with E-state index in [-0.39, 0.29) is 29.5 Å². The maximum atomic E-state index is 12.6. The molecule has 1 heterocycles. The molecule has 1 fully saturated rings. The van der Waals surface area contributed by atoms with Gasteiger partial charge in [0.1, 0.15) is 6.54 Å². The molecule has 142 valence electrons. The van der Waals surface area contributed by atoms with Crippen molar-refractivity contribution in [3.05, 3.63) is 23.8 Å². The van der Waals surface area contributed by atoms with Gasteiger partial charge >= 0.3 is 6.61 Å². The summed E-state index contributed by atoms with van der Waals surface area (Å²) in [4.78, 5) is 25.3. The van der Waals surface area contributed by atoms with Gasteiger partial charge in [0.05, 0.1) is 13.3 Å². The molecule has 2 amide bonds. The number of hydrogen-bond donors (Lipinski definition) is 1. The Morgan fingerprint density at radius 3 is 2.92 bits per heavy atom. The number of amides is 2. The molecule has 1 N–H and O–H groups in total. The smallest absolute Gasteiger partial charge is 0.387 e. The Morgan fingerprint density at radius 2 is 2.19 bits per heavy atom. The monoisotopic (exact) mass is 369 g/mol. The molecular formula is C17H21F2N3O4. The minimum atomic E-state index is -3.03. The standard InChI is InChI=1S/C17H21F2N3O4/c1-25-13-7-5-6-12(16(13)26-17(18)19)10-20-21-14(23)11-22-9-4-2-3-8-15(22)24/h5-7,10,17H,2-4,8-9,11H2,1H3,(H,21,23)/b20-10-. The van der Waals surface area contributed by atoms with Crippen molar-refractivity contribution in [1.29, 1.82) is 0 Å². The summed E-state index contributed by atoms with van der Waals surface area (Å²) in [6.45, 7) is -2.57. The lowest BCUT2D eigenvalue weighted by Gasteiger charge is -2.18. The highest BCUT2D eigenvalue weighted by atomic mass is 19.3. The van der Waals surface area contributed by atoms with Crippen LogP contribution in [0, 0.1) is 0 Å². The van der Waals surface area contributed by atoms with Crippen molar-refractivity contribution in [2.45, 2.75) is 32.3 Å². The van der Waals surface area contributed by atoms with Gasteiger partial charge < -0.3 is 14.4 Å². The normalized spacial score (nSPS) is 15.2. The molecule has 1 aliphatic heterocycles. The first kappa shape index (κ1) is 19.6. The van der Waals surface area contributed by atoms with E-state index in [1.807, 2.05) is 0 Å².